The molecule has 2 N–H and O–H groups in total. The number of benzene rings is 1. The van der Waals surface area contributed by atoms with Crippen LogP contribution in [0.2, 0.25) is 0 Å². The number of aromatic nitrogens is 2. The molecular weight excluding hydrogens is 295 g/mol. The van der Waals surface area contributed by atoms with E-state index in [1.54, 1.807) is 0 Å². The molecule has 1 aromatic heterocycles. The van der Waals surface area contributed by atoms with Gasteiger partial charge in [-0.25, -0.2) is 18.2 Å². The molecule has 0 saturated carbocycles. The summed E-state index contributed by atoms with van der Waals surface area (Å²) < 4.78 is 60.9. The monoisotopic (exact) mass is 305 g/mol. The highest BCUT2D eigenvalue weighted by molar-refractivity contribution is 7.89. The molecule has 0 aliphatic rings. The Hall–Kier alpha value is -1.87. The predicted octanol–water partition coefficient (Wildman–Crippen LogP) is 1.85. The third-order valence-corrected chi connectivity index (χ3v) is 3.52. The number of aryl methyl sites for hydroxylation is 1. The lowest BCUT2D eigenvalue weighted by Gasteiger charge is -2.05. The van der Waals surface area contributed by atoms with Crippen molar-refractivity contribution in [2.24, 2.45) is 5.14 Å². The number of hydrogen-bond acceptors (Lipinski definition) is 3. The van der Waals surface area contributed by atoms with Crippen LogP contribution >= 0.6 is 0 Å². The number of rotatable bonds is 2. The van der Waals surface area contributed by atoms with Crippen LogP contribution in [0.4, 0.5) is 13.2 Å². The molecule has 108 valence electrons. The highest BCUT2D eigenvalue weighted by Gasteiger charge is 2.34. The van der Waals surface area contributed by atoms with Crippen molar-refractivity contribution in [2.75, 3.05) is 0 Å². The molecule has 0 saturated heterocycles. The van der Waals surface area contributed by atoms with E-state index in [1.807, 2.05) is 0 Å². The zero-order chi connectivity index (χ0) is 15.1. The molecular formula is C11H10F3N3O2S. The molecule has 0 amide bonds. The molecule has 1 aromatic carbocycles. The van der Waals surface area contributed by atoms with Gasteiger partial charge in [-0.15, -0.1) is 0 Å². The van der Waals surface area contributed by atoms with E-state index in [0.29, 0.717) is 5.69 Å². The van der Waals surface area contributed by atoms with Gasteiger partial charge in [-0.2, -0.15) is 18.3 Å². The van der Waals surface area contributed by atoms with Gasteiger partial charge in [0.25, 0.3) is 0 Å². The number of nitrogens with zero attached hydrogens (tertiary/aromatic N) is 2. The van der Waals surface area contributed by atoms with Gasteiger partial charge in [0.15, 0.2) is 5.69 Å². The summed E-state index contributed by atoms with van der Waals surface area (Å²) in [5.41, 5.74) is -0.420. The second-order valence-electron chi connectivity index (χ2n) is 4.12. The van der Waals surface area contributed by atoms with Crippen molar-refractivity contribution in [1.29, 1.82) is 0 Å². The number of primary sulfonamides is 1. The van der Waals surface area contributed by atoms with Gasteiger partial charge >= 0.3 is 6.18 Å². The van der Waals surface area contributed by atoms with Crippen molar-refractivity contribution in [2.45, 2.75) is 18.0 Å². The molecule has 0 fully saturated rings. The van der Waals surface area contributed by atoms with Crippen molar-refractivity contribution in [3.63, 3.8) is 0 Å². The minimum atomic E-state index is -4.53. The molecule has 0 aliphatic carbocycles. The fourth-order valence-corrected chi connectivity index (χ4v) is 2.17. The first kappa shape index (κ1) is 14.5. The summed E-state index contributed by atoms with van der Waals surface area (Å²) >= 11 is 0. The van der Waals surface area contributed by atoms with Crippen LogP contribution in [0, 0.1) is 6.92 Å². The van der Waals surface area contributed by atoms with Crippen molar-refractivity contribution >= 4 is 10.0 Å². The van der Waals surface area contributed by atoms with E-state index in [2.05, 4.69) is 5.10 Å². The van der Waals surface area contributed by atoms with Crippen LogP contribution in [0.25, 0.3) is 5.69 Å². The molecule has 0 bridgehead atoms. The van der Waals surface area contributed by atoms with Crippen molar-refractivity contribution in [3.05, 3.63) is 41.7 Å². The Balaban J connectivity index is 2.45. The summed E-state index contributed by atoms with van der Waals surface area (Å²) in [5, 5.41) is 8.39. The van der Waals surface area contributed by atoms with Gasteiger partial charge in [0, 0.05) is 5.69 Å². The zero-order valence-electron chi connectivity index (χ0n) is 10.2. The molecule has 0 spiro atoms. The molecule has 20 heavy (non-hydrogen) atoms. The summed E-state index contributed by atoms with van der Waals surface area (Å²) in [6, 6.07) is 5.99. The number of nitrogens with two attached hydrogens (primary N) is 1. The number of halogens is 3. The summed E-state index contributed by atoms with van der Waals surface area (Å²) in [6.07, 6.45) is -4.53. The smallest absolute Gasteiger partial charge is 0.238 e. The van der Waals surface area contributed by atoms with Crippen LogP contribution in [0.3, 0.4) is 0 Å². The lowest BCUT2D eigenvalue weighted by molar-refractivity contribution is -0.141. The molecule has 9 heteroatoms. The molecule has 0 radical (unpaired) electrons. The highest BCUT2D eigenvalue weighted by atomic mass is 32.2. The molecule has 2 aromatic rings. The first-order valence-corrected chi connectivity index (χ1v) is 6.91. The van der Waals surface area contributed by atoms with Gasteiger partial charge < -0.3 is 0 Å². The van der Waals surface area contributed by atoms with E-state index in [0.717, 1.165) is 10.7 Å². The Labute approximate surface area is 112 Å². The van der Waals surface area contributed by atoms with Crippen LogP contribution < -0.4 is 5.14 Å². The second-order valence-corrected chi connectivity index (χ2v) is 5.68. The van der Waals surface area contributed by atoms with Gasteiger partial charge in [-0.05, 0) is 37.3 Å². The van der Waals surface area contributed by atoms with E-state index in [-0.39, 0.29) is 10.6 Å². The van der Waals surface area contributed by atoms with Gasteiger partial charge in [0.05, 0.1) is 10.6 Å². The van der Waals surface area contributed by atoms with Crippen LogP contribution in [0.1, 0.15) is 11.4 Å². The lowest BCUT2D eigenvalue weighted by Crippen LogP contribution is -2.12. The fourth-order valence-electron chi connectivity index (χ4n) is 1.65. The van der Waals surface area contributed by atoms with Crippen LogP contribution in [0.5, 0.6) is 0 Å². The van der Waals surface area contributed by atoms with Crippen LogP contribution in [-0.4, -0.2) is 18.2 Å². The van der Waals surface area contributed by atoms with E-state index >= 15 is 0 Å². The summed E-state index contributed by atoms with van der Waals surface area (Å²) in [5.74, 6) is 0. The fraction of sp³-hybridized carbons (Fsp3) is 0.182. The summed E-state index contributed by atoms with van der Waals surface area (Å²) in [6.45, 7) is 1.47. The van der Waals surface area contributed by atoms with Gasteiger partial charge in [-0.3, -0.25) is 0 Å². The van der Waals surface area contributed by atoms with Gasteiger partial charge in [0.1, 0.15) is 0 Å². The van der Waals surface area contributed by atoms with E-state index in [9.17, 15) is 21.6 Å². The Bertz CT molecular complexity index is 733. The average Bonchev–Trinajstić information content (AvgIpc) is 2.70. The number of sulfonamides is 1. The Morgan fingerprint density at radius 1 is 1.20 bits per heavy atom. The van der Waals surface area contributed by atoms with Crippen molar-refractivity contribution in [1.82, 2.24) is 9.78 Å². The normalized spacial score (nSPS) is 12.7. The maximum Gasteiger partial charge on any atom is 0.435 e. The molecule has 0 aliphatic heterocycles. The Kier molecular flexibility index (Phi) is 3.34. The summed E-state index contributed by atoms with van der Waals surface area (Å²) in [7, 11) is -3.84. The number of alkyl halides is 3. The minimum Gasteiger partial charge on any atom is -0.238 e. The highest BCUT2D eigenvalue weighted by Crippen LogP contribution is 2.29. The Morgan fingerprint density at radius 2 is 1.75 bits per heavy atom. The van der Waals surface area contributed by atoms with Gasteiger partial charge in [0.2, 0.25) is 10.0 Å². The third-order valence-electron chi connectivity index (χ3n) is 2.59. The minimum absolute atomic E-state index is 0.123. The zero-order valence-corrected chi connectivity index (χ0v) is 11.0. The molecule has 5 nitrogen and oxygen atoms in total. The SMILES string of the molecule is Cc1cc(C(F)(F)F)nn1-c1ccc(S(N)(=O)=O)cc1. The van der Waals surface area contributed by atoms with Crippen LogP contribution in [-0.2, 0) is 16.2 Å². The van der Waals surface area contributed by atoms with Crippen molar-refractivity contribution < 1.29 is 21.6 Å². The summed E-state index contributed by atoms with van der Waals surface area (Å²) in [4.78, 5) is -0.123. The maximum absolute atomic E-state index is 12.5. The molecule has 0 atom stereocenters. The maximum atomic E-state index is 12.5. The number of hydrogen-bond donors (Lipinski definition) is 1. The molecule has 1 heterocycles. The first-order valence-electron chi connectivity index (χ1n) is 5.36. The van der Waals surface area contributed by atoms with Gasteiger partial charge in [-0.1, -0.05) is 0 Å². The van der Waals surface area contributed by atoms with E-state index in [1.165, 1.54) is 31.2 Å². The van der Waals surface area contributed by atoms with Crippen LogP contribution in [0.15, 0.2) is 35.2 Å². The topological polar surface area (TPSA) is 78.0 Å². The van der Waals surface area contributed by atoms with Crippen molar-refractivity contribution in [3.8, 4) is 5.69 Å². The Morgan fingerprint density at radius 3 is 2.15 bits per heavy atom. The lowest BCUT2D eigenvalue weighted by atomic mass is 10.3. The largest absolute Gasteiger partial charge is 0.435 e. The predicted molar refractivity (Wildman–Crippen MR) is 64.7 cm³/mol. The second kappa shape index (κ2) is 4.60. The first-order chi connectivity index (χ1) is 9.09. The van der Waals surface area contributed by atoms with E-state index < -0.39 is 21.9 Å². The molecule has 2 rings (SSSR count). The molecule has 0 unspecified atom stereocenters. The average molecular weight is 305 g/mol. The van der Waals surface area contributed by atoms with E-state index in [4.69, 9.17) is 5.14 Å². The third kappa shape index (κ3) is 2.83. The standard InChI is InChI=1S/C11H10F3N3O2S/c1-7-6-10(11(12,13)14)16-17(7)8-2-4-9(5-3-8)20(15,18)19/h2-6H,1H3,(H2,15,18,19). The quantitative estimate of drug-likeness (QED) is 0.919.